The minimum absolute atomic E-state index is 0.343. The Morgan fingerprint density at radius 2 is 2.00 bits per heavy atom. The van der Waals surface area contributed by atoms with Gasteiger partial charge in [-0.2, -0.15) is 0 Å². The first-order valence-corrected chi connectivity index (χ1v) is 4.90. The Labute approximate surface area is 93.5 Å². The first kappa shape index (κ1) is 10.4. The van der Waals surface area contributed by atoms with Gasteiger partial charge in [-0.25, -0.2) is 4.68 Å². The molecule has 0 atom stereocenters. The van der Waals surface area contributed by atoms with Crippen LogP contribution in [0.5, 0.6) is 5.88 Å². The highest BCUT2D eigenvalue weighted by molar-refractivity contribution is 5.78. The number of aldehydes is 1. The average molecular weight is 216 g/mol. The number of methoxy groups -OCH3 is 1. The van der Waals surface area contributed by atoms with Crippen molar-refractivity contribution in [2.75, 3.05) is 7.11 Å². The summed E-state index contributed by atoms with van der Waals surface area (Å²) in [5.41, 5.74) is 2.53. The van der Waals surface area contributed by atoms with E-state index >= 15 is 0 Å². The van der Waals surface area contributed by atoms with Crippen LogP contribution in [0.3, 0.4) is 0 Å². The molecule has 82 valence electrons. The lowest BCUT2D eigenvalue weighted by Crippen LogP contribution is -1.94. The van der Waals surface area contributed by atoms with Gasteiger partial charge in [0.2, 0.25) is 5.88 Å². The molecule has 1 aromatic heterocycles. The smallest absolute Gasteiger partial charge is 0.243 e. The van der Waals surface area contributed by atoms with Crippen LogP contribution < -0.4 is 4.74 Å². The molecule has 0 saturated carbocycles. The Balaban J connectivity index is 2.44. The molecular weight excluding hydrogens is 204 g/mol. The summed E-state index contributed by atoms with van der Waals surface area (Å²) in [7, 11) is 1.49. The van der Waals surface area contributed by atoms with Crippen LogP contribution in [0, 0.1) is 6.92 Å². The number of benzene rings is 1. The first-order valence-electron chi connectivity index (χ1n) is 4.90. The van der Waals surface area contributed by atoms with Crippen molar-refractivity contribution in [2.45, 2.75) is 6.92 Å². The van der Waals surface area contributed by atoms with Crippen molar-refractivity contribution in [3.8, 4) is 11.6 Å². The summed E-state index contributed by atoms with van der Waals surface area (Å²) in [5.74, 6) is 0.343. The van der Waals surface area contributed by atoms with Crippen molar-refractivity contribution in [1.29, 1.82) is 0 Å². The second-order valence-corrected chi connectivity index (χ2v) is 3.49. The zero-order valence-electron chi connectivity index (χ0n) is 9.18. The highest BCUT2D eigenvalue weighted by atomic mass is 16.5. The van der Waals surface area contributed by atoms with Gasteiger partial charge >= 0.3 is 0 Å². The number of rotatable bonds is 3. The Morgan fingerprint density at radius 1 is 1.31 bits per heavy atom. The van der Waals surface area contributed by atoms with Crippen LogP contribution in [0.1, 0.15) is 15.9 Å². The second-order valence-electron chi connectivity index (χ2n) is 3.49. The fraction of sp³-hybridized carbons (Fsp3) is 0.167. The summed E-state index contributed by atoms with van der Waals surface area (Å²) >= 11 is 0. The van der Waals surface area contributed by atoms with Gasteiger partial charge in [-0.15, -0.1) is 5.10 Å². The van der Waals surface area contributed by atoms with Crippen molar-refractivity contribution < 1.29 is 9.53 Å². The van der Waals surface area contributed by atoms with Gasteiger partial charge in [0.1, 0.15) is 0 Å². The molecule has 4 heteroatoms. The Bertz CT molecular complexity index is 500. The zero-order valence-corrected chi connectivity index (χ0v) is 9.18. The van der Waals surface area contributed by atoms with Gasteiger partial charge in [-0.05, 0) is 19.1 Å². The molecule has 0 spiro atoms. The predicted molar refractivity (Wildman–Crippen MR) is 60.2 cm³/mol. The maximum Gasteiger partial charge on any atom is 0.243 e. The number of aryl methyl sites for hydroxylation is 1. The molecule has 0 radical (unpaired) electrons. The van der Waals surface area contributed by atoms with Crippen LogP contribution >= 0.6 is 0 Å². The molecule has 0 bridgehead atoms. The summed E-state index contributed by atoms with van der Waals surface area (Å²) in [4.78, 5) is 10.8. The number of carbonyl (C=O) groups excluding carboxylic acids is 1. The van der Waals surface area contributed by atoms with Crippen LogP contribution in [0.4, 0.5) is 0 Å². The fourth-order valence-corrected chi connectivity index (χ4v) is 1.44. The summed E-state index contributed by atoms with van der Waals surface area (Å²) in [6, 6.07) is 7.86. The molecule has 2 rings (SSSR count). The number of aromatic nitrogens is 2. The van der Waals surface area contributed by atoms with Gasteiger partial charge in [-0.3, -0.25) is 4.79 Å². The molecule has 0 saturated heterocycles. The number of carbonyl (C=O) groups is 1. The lowest BCUT2D eigenvalue weighted by Gasteiger charge is -2.00. The maximum atomic E-state index is 10.8. The van der Waals surface area contributed by atoms with Gasteiger partial charge in [0.15, 0.2) is 6.29 Å². The van der Waals surface area contributed by atoms with E-state index in [0.717, 1.165) is 12.0 Å². The number of ether oxygens (including phenoxy) is 1. The topological polar surface area (TPSA) is 44.1 Å². The molecule has 0 aliphatic rings. The number of hydrogen-bond donors (Lipinski definition) is 0. The molecule has 1 aromatic carbocycles. The third kappa shape index (κ3) is 1.82. The largest absolute Gasteiger partial charge is 0.479 e. The Hall–Kier alpha value is -2.10. The molecule has 0 unspecified atom stereocenters. The molecule has 0 N–H and O–H groups in total. The van der Waals surface area contributed by atoms with Crippen LogP contribution in [-0.2, 0) is 0 Å². The second kappa shape index (κ2) is 4.18. The summed E-state index contributed by atoms with van der Waals surface area (Å²) in [6.07, 6.45) is 2.38. The van der Waals surface area contributed by atoms with Crippen LogP contribution in [0.15, 0.2) is 30.5 Å². The van der Waals surface area contributed by atoms with E-state index in [1.54, 1.807) is 10.9 Å². The Morgan fingerprint density at radius 3 is 2.50 bits per heavy atom. The Kier molecular flexibility index (Phi) is 2.72. The van der Waals surface area contributed by atoms with Crippen LogP contribution in [0.2, 0.25) is 0 Å². The minimum Gasteiger partial charge on any atom is -0.479 e. The highest BCUT2D eigenvalue weighted by Crippen LogP contribution is 2.16. The molecule has 16 heavy (non-hydrogen) atoms. The van der Waals surface area contributed by atoms with Crippen molar-refractivity contribution in [3.05, 3.63) is 41.6 Å². The monoisotopic (exact) mass is 216 g/mol. The van der Waals surface area contributed by atoms with Gasteiger partial charge in [0, 0.05) is 6.20 Å². The van der Waals surface area contributed by atoms with Crippen molar-refractivity contribution in [2.24, 2.45) is 0 Å². The minimum atomic E-state index is 0.343. The third-order valence-corrected chi connectivity index (χ3v) is 2.33. The van der Waals surface area contributed by atoms with E-state index in [9.17, 15) is 4.79 Å². The molecule has 0 amide bonds. The maximum absolute atomic E-state index is 10.8. The number of nitrogens with zero attached hydrogens (tertiary/aromatic N) is 2. The van der Waals surface area contributed by atoms with E-state index in [4.69, 9.17) is 4.74 Å². The van der Waals surface area contributed by atoms with E-state index < -0.39 is 0 Å². The highest BCUT2D eigenvalue weighted by Gasteiger charge is 2.08. The molecule has 2 aromatic rings. The lowest BCUT2D eigenvalue weighted by atomic mass is 10.2. The van der Waals surface area contributed by atoms with Crippen molar-refractivity contribution in [3.63, 3.8) is 0 Å². The van der Waals surface area contributed by atoms with Gasteiger partial charge in [-0.1, -0.05) is 17.7 Å². The molecular formula is C12H12N2O2. The van der Waals surface area contributed by atoms with Crippen molar-refractivity contribution in [1.82, 2.24) is 9.78 Å². The van der Waals surface area contributed by atoms with E-state index in [1.165, 1.54) is 12.7 Å². The predicted octanol–water partition coefficient (Wildman–Crippen LogP) is 2.00. The summed E-state index contributed by atoms with van der Waals surface area (Å²) < 4.78 is 6.63. The molecule has 0 fully saturated rings. The van der Waals surface area contributed by atoms with E-state index in [2.05, 4.69) is 5.10 Å². The van der Waals surface area contributed by atoms with Crippen molar-refractivity contribution >= 4 is 6.29 Å². The average Bonchev–Trinajstić information content (AvgIpc) is 2.73. The summed E-state index contributed by atoms with van der Waals surface area (Å²) in [6.45, 7) is 2.02. The van der Waals surface area contributed by atoms with Crippen LogP contribution in [-0.4, -0.2) is 23.2 Å². The van der Waals surface area contributed by atoms with E-state index in [-0.39, 0.29) is 0 Å². The van der Waals surface area contributed by atoms with Gasteiger partial charge in [0.05, 0.1) is 18.4 Å². The standard InChI is InChI=1S/C12H12N2O2/c1-9-3-5-11(6-4-9)14-7-10(8-15)12(13-14)16-2/h3-8H,1-2H3. The molecule has 0 aliphatic carbocycles. The van der Waals surface area contributed by atoms with Crippen LogP contribution in [0.25, 0.3) is 5.69 Å². The first-order chi connectivity index (χ1) is 7.74. The lowest BCUT2D eigenvalue weighted by molar-refractivity contribution is 0.112. The van der Waals surface area contributed by atoms with E-state index in [0.29, 0.717) is 11.4 Å². The quantitative estimate of drug-likeness (QED) is 0.737. The molecule has 1 heterocycles. The normalized spacial score (nSPS) is 10.1. The molecule has 4 nitrogen and oxygen atoms in total. The fourth-order valence-electron chi connectivity index (χ4n) is 1.44. The molecule has 0 aliphatic heterocycles. The SMILES string of the molecule is COc1nn(-c2ccc(C)cc2)cc1C=O. The number of hydrogen-bond acceptors (Lipinski definition) is 3. The zero-order chi connectivity index (χ0) is 11.5. The third-order valence-electron chi connectivity index (χ3n) is 2.33. The van der Waals surface area contributed by atoms with E-state index in [1.807, 2.05) is 31.2 Å². The van der Waals surface area contributed by atoms with Gasteiger partial charge in [0.25, 0.3) is 0 Å². The summed E-state index contributed by atoms with van der Waals surface area (Å²) in [5, 5.41) is 4.16. The van der Waals surface area contributed by atoms with Gasteiger partial charge < -0.3 is 4.74 Å².